The van der Waals surface area contributed by atoms with Crippen molar-refractivity contribution in [3.05, 3.63) is 41.3 Å². The lowest BCUT2D eigenvalue weighted by atomic mass is 10.1. The third-order valence-corrected chi connectivity index (χ3v) is 4.14. The number of aromatic nitrogens is 2. The van der Waals surface area contributed by atoms with Gasteiger partial charge in [-0.3, -0.25) is 4.79 Å². The van der Waals surface area contributed by atoms with Crippen molar-refractivity contribution in [1.82, 2.24) is 15.1 Å². The highest BCUT2D eigenvalue weighted by Crippen LogP contribution is 2.20. The Labute approximate surface area is 136 Å². The van der Waals surface area contributed by atoms with E-state index in [4.69, 9.17) is 4.42 Å². The maximum atomic E-state index is 12.6. The van der Waals surface area contributed by atoms with Crippen molar-refractivity contribution in [2.75, 3.05) is 31.1 Å². The number of nitrogens with zero attached hydrogens (tertiary/aromatic N) is 4. The fourth-order valence-corrected chi connectivity index (χ4v) is 2.67. The van der Waals surface area contributed by atoms with Crippen LogP contribution in [0.3, 0.4) is 0 Å². The van der Waals surface area contributed by atoms with E-state index in [1.54, 1.807) is 0 Å². The number of rotatable bonds is 3. The van der Waals surface area contributed by atoms with E-state index >= 15 is 0 Å². The van der Waals surface area contributed by atoms with Gasteiger partial charge in [0.15, 0.2) is 0 Å². The summed E-state index contributed by atoms with van der Waals surface area (Å²) in [6.45, 7) is 8.75. The first-order valence-electron chi connectivity index (χ1n) is 7.99. The first kappa shape index (κ1) is 15.5. The van der Waals surface area contributed by atoms with Crippen LogP contribution in [-0.2, 0) is 0 Å². The van der Waals surface area contributed by atoms with Gasteiger partial charge in [0, 0.05) is 37.7 Å². The summed E-state index contributed by atoms with van der Waals surface area (Å²) in [6.07, 6.45) is 0. The van der Waals surface area contributed by atoms with Crippen LogP contribution in [0.4, 0.5) is 6.01 Å². The summed E-state index contributed by atoms with van der Waals surface area (Å²) in [6, 6.07) is 8.26. The second-order valence-electron chi connectivity index (χ2n) is 6.17. The van der Waals surface area contributed by atoms with Gasteiger partial charge in [-0.2, -0.15) is 0 Å². The van der Waals surface area contributed by atoms with Gasteiger partial charge >= 0.3 is 6.01 Å². The molecule has 1 aliphatic heterocycles. The SMILES string of the molecule is Cc1ccccc1C(=O)N1CCN(c2nnc(C(C)C)o2)CC1. The van der Waals surface area contributed by atoms with Crippen LogP contribution in [0.1, 0.15) is 41.6 Å². The molecule has 1 saturated heterocycles. The Morgan fingerprint density at radius 1 is 1.13 bits per heavy atom. The zero-order chi connectivity index (χ0) is 16.4. The van der Waals surface area contributed by atoms with Crippen molar-refractivity contribution < 1.29 is 9.21 Å². The summed E-state index contributed by atoms with van der Waals surface area (Å²) in [5.74, 6) is 0.967. The van der Waals surface area contributed by atoms with Gasteiger partial charge in [-0.25, -0.2) is 0 Å². The maximum absolute atomic E-state index is 12.6. The average Bonchev–Trinajstić information content (AvgIpc) is 3.05. The minimum Gasteiger partial charge on any atom is -0.408 e. The number of hydrogen-bond acceptors (Lipinski definition) is 5. The van der Waals surface area contributed by atoms with Gasteiger partial charge < -0.3 is 14.2 Å². The molecule has 0 aliphatic carbocycles. The molecule has 2 aromatic rings. The fraction of sp³-hybridized carbons (Fsp3) is 0.471. The molecule has 6 heteroatoms. The Morgan fingerprint density at radius 3 is 2.43 bits per heavy atom. The topological polar surface area (TPSA) is 62.5 Å². The van der Waals surface area contributed by atoms with E-state index in [2.05, 4.69) is 10.2 Å². The number of carbonyl (C=O) groups is 1. The van der Waals surface area contributed by atoms with Crippen LogP contribution >= 0.6 is 0 Å². The highest BCUT2D eigenvalue weighted by molar-refractivity contribution is 5.95. The highest BCUT2D eigenvalue weighted by atomic mass is 16.4. The molecule has 23 heavy (non-hydrogen) atoms. The van der Waals surface area contributed by atoms with Gasteiger partial charge in [0.1, 0.15) is 0 Å². The number of benzene rings is 1. The lowest BCUT2D eigenvalue weighted by molar-refractivity contribution is 0.0744. The molecule has 0 unspecified atom stereocenters. The van der Waals surface area contributed by atoms with Crippen LogP contribution in [0, 0.1) is 6.92 Å². The van der Waals surface area contributed by atoms with E-state index in [1.165, 1.54) is 0 Å². The van der Waals surface area contributed by atoms with E-state index < -0.39 is 0 Å². The number of piperazine rings is 1. The third kappa shape index (κ3) is 3.21. The van der Waals surface area contributed by atoms with Crippen LogP contribution in [0.25, 0.3) is 0 Å². The van der Waals surface area contributed by atoms with E-state index in [9.17, 15) is 4.79 Å². The van der Waals surface area contributed by atoms with Crippen molar-refractivity contribution in [2.24, 2.45) is 0 Å². The number of carbonyl (C=O) groups excluding carboxylic acids is 1. The van der Waals surface area contributed by atoms with Crippen molar-refractivity contribution in [3.63, 3.8) is 0 Å². The van der Waals surface area contributed by atoms with Crippen LogP contribution in [0.5, 0.6) is 0 Å². The number of amides is 1. The molecule has 1 aliphatic rings. The lowest BCUT2D eigenvalue weighted by Gasteiger charge is -2.33. The van der Waals surface area contributed by atoms with Crippen molar-refractivity contribution in [1.29, 1.82) is 0 Å². The van der Waals surface area contributed by atoms with Crippen LogP contribution in [-0.4, -0.2) is 47.2 Å². The normalized spacial score (nSPS) is 15.3. The Bertz CT molecular complexity index is 687. The second kappa shape index (κ2) is 6.40. The highest BCUT2D eigenvalue weighted by Gasteiger charge is 2.25. The molecule has 1 amide bonds. The van der Waals surface area contributed by atoms with Crippen molar-refractivity contribution in [3.8, 4) is 0 Å². The smallest absolute Gasteiger partial charge is 0.318 e. The predicted octanol–water partition coefficient (Wildman–Crippen LogP) is 2.46. The second-order valence-corrected chi connectivity index (χ2v) is 6.17. The quantitative estimate of drug-likeness (QED) is 0.871. The van der Waals surface area contributed by atoms with Gasteiger partial charge in [0.05, 0.1) is 0 Å². The Hall–Kier alpha value is -2.37. The Kier molecular flexibility index (Phi) is 4.32. The Balaban J connectivity index is 1.64. The molecule has 1 aromatic carbocycles. The zero-order valence-corrected chi connectivity index (χ0v) is 13.8. The average molecular weight is 314 g/mol. The summed E-state index contributed by atoms with van der Waals surface area (Å²) in [5.41, 5.74) is 1.79. The largest absolute Gasteiger partial charge is 0.408 e. The number of hydrogen-bond donors (Lipinski definition) is 0. The number of aryl methyl sites for hydroxylation is 1. The first-order valence-corrected chi connectivity index (χ1v) is 7.99. The molecule has 1 fully saturated rings. The molecule has 0 bridgehead atoms. The molecule has 0 N–H and O–H groups in total. The Morgan fingerprint density at radius 2 is 1.83 bits per heavy atom. The fourth-order valence-electron chi connectivity index (χ4n) is 2.67. The van der Waals surface area contributed by atoms with Crippen molar-refractivity contribution >= 4 is 11.9 Å². The summed E-state index contributed by atoms with van der Waals surface area (Å²) >= 11 is 0. The van der Waals surface area contributed by atoms with Gasteiger partial charge in [-0.15, -0.1) is 5.10 Å². The molecule has 0 radical (unpaired) electrons. The van der Waals surface area contributed by atoms with Crippen LogP contribution < -0.4 is 4.90 Å². The molecule has 3 rings (SSSR count). The molecule has 0 spiro atoms. The van der Waals surface area contributed by atoms with Crippen molar-refractivity contribution in [2.45, 2.75) is 26.7 Å². The molecule has 2 heterocycles. The minimum atomic E-state index is 0.0937. The van der Waals surface area contributed by atoms with E-state index in [-0.39, 0.29) is 11.8 Å². The molecule has 1 aromatic heterocycles. The summed E-state index contributed by atoms with van der Waals surface area (Å²) < 4.78 is 5.68. The minimum absolute atomic E-state index is 0.0937. The summed E-state index contributed by atoms with van der Waals surface area (Å²) in [5, 5.41) is 8.17. The van der Waals surface area contributed by atoms with Gasteiger partial charge in [0.2, 0.25) is 5.89 Å². The van der Waals surface area contributed by atoms with Gasteiger partial charge in [-0.1, -0.05) is 37.1 Å². The van der Waals surface area contributed by atoms with Gasteiger partial charge in [-0.05, 0) is 18.6 Å². The van der Waals surface area contributed by atoms with E-state index in [0.29, 0.717) is 38.1 Å². The summed E-state index contributed by atoms with van der Waals surface area (Å²) in [4.78, 5) is 16.5. The third-order valence-electron chi connectivity index (χ3n) is 4.14. The van der Waals surface area contributed by atoms with Crippen LogP contribution in [0.15, 0.2) is 28.7 Å². The number of anilines is 1. The molecular formula is C17H22N4O2. The molecule has 6 nitrogen and oxygen atoms in total. The monoisotopic (exact) mass is 314 g/mol. The standard InChI is InChI=1S/C17H22N4O2/c1-12(2)15-18-19-17(23-15)21-10-8-20(9-11-21)16(22)14-7-5-4-6-13(14)3/h4-7,12H,8-11H2,1-3H3. The van der Waals surface area contributed by atoms with E-state index in [1.807, 2.05) is 54.8 Å². The molecular weight excluding hydrogens is 292 g/mol. The molecule has 122 valence electrons. The molecule has 0 atom stereocenters. The van der Waals surface area contributed by atoms with Crippen LogP contribution in [0.2, 0.25) is 0 Å². The maximum Gasteiger partial charge on any atom is 0.318 e. The zero-order valence-electron chi connectivity index (χ0n) is 13.8. The lowest BCUT2D eigenvalue weighted by Crippen LogP contribution is -2.49. The molecule has 0 saturated carbocycles. The first-order chi connectivity index (χ1) is 11.1. The predicted molar refractivity (Wildman–Crippen MR) is 87.7 cm³/mol. The van der Waals surface area contributed by atoms with Gasteiger partial charge in [0.25, 0.3) is 5.91 Å². The van der Waals surface area contributed by atoms with E-state index in [0.717, 1.165) is 11.1 Å². The summed E-state index contributed by atoms with van der Waals surface area (Å²) in [7, 11) is 0.